The topological polar surface area (TPSA) is 43.4 Å². The summed E-state index contributed by atoms with van der Waals surface area (Å²) in [5.74, 6) is -0.405. The molecule has 1 unspecified atom stereocenters. The molecule has 1 heterocycles. The van der Waals surface area contributed by atoms with Crippen molar-refractivity contribution in [2.75, 3.05) is 12.4 Å². The van der Waals surface area contributed by atoms with Crippen molar-refractivity contribution in [2.45, 2.75) is 25.4 Å². The lowest BCUT2D eigenvalue weighted by atomic mass is 10.2. The molecule has 0 saturated carbocycles. The zero-order valence-electron chi connectivity index (χ0n) is 6.12. The normalized spacial score (nSPS) is 25.7. The average Bonchev–Trinajstić information content (AvgIpc) is 2.32. The summed E-state index contributed by atoms with van der Waals surface area (Å²) in [6, 6.07) is 0. The molecule has 1 aliphatic rings. The highest BCUT2D eigenvalue weighted by Crippen LogP contribution is 2.16. The predicted octanol–water partition coefficient (Wildman–Crippen LogP) is 0.855. The van der Waals surface area contributed by atoms with Gasteiger partial charge in [0.05, 0.1) is 11.9 Å². The van der Waals surface area contributed by atoms with E-state index in [0.29, 0.717) is 13.0 Å². The molecule has 0 aliphatic carbocycles. The van der Waals surface area contributed by atoms with Gasteiger partial charge in [0.25, 0.3) is 0 Å². The van der Waals surface area contributed by atoms with Crippen LogP contribution in [-0.2, 0) is 15.0 Å². The minimum Gasteiger partial charge on any atom is -0.378 e. The van der Waals surface area contributed by atoms with Gasteiger partial charge in [0.15, 0.2) is 0 Å². The first-order valence-corrected chi connectivity index (χ1v) is 5.17. The van der Waals surface area contributed by atoms with Crippen LogP contribution in [0.2, 0.25) is 0 Å². The van der Waals surface area contributed by atoms with Gasteiger partial charge in [0.2, 0.25) is 0 Å². The van der Waals surface area contributed by atoms with Crippen molar-refractivity contribution < 1.29 is 17.0 Å². The fraction of sp³-hybridized carbons (Fsp3) is 1.00. The highest BCUT2D eigenvalue weighted by Gasteiger charge is 2.18. The van der Waals surface area contributed by atoms with Crippen molar-refractivity contribution in [3.05, 3.63) is 0 Å². The van der Waals surface area contributed by atoms with E-state index in [9.17, 15) is 12.3 Å². The molecule has 0 N–H and O–H groups in total. The average molecular weight is 182 g/mol. The molecule has 0 radical (unpaired) electrons. The summed E-state index contributed by atoms with van der Waals surface area (Å²) in [4.78, 5) is 0. The Kier molecular flexibility index (Phi) is 2.84. The first-order valence-electron chi connectivity index (χ1n) is 3.62. The monoisotopic (exact) mass is 182 g/mol. The molecule has 0 bridgehead atoms. The predicted molar refractivity (Wildman–Crippen MR) is 38.5 cm³/mol. The molecule has 1 rings (SSSR count). The maximum Gasteiger partial charge on any atom is 0.302 e. The van der Waals surface area contributed by atoms with E-state index in [1.54, 1.807) is 0 Å². The van der Waals surface area contributed by atoms with Crippen molar-refractivity contribution in [1.29, 1.82) is 0 Å². The van der Waals surface area contributed by atoms with Crippen LogP contribution in [0, 0.1) is 0 Å². The van der Waals surface area contributed by atoms with Gasteiger partial charge in [-0.05, 0) is 19.3 Å². The van der Waals surface area contributed by atoms with E-state index in [2.05, 4.69) is 0 Å². The van der Waals surface area contributed by atoms with Crippen LogP contribution in [0.1, 0.15) is 19.3 Å². The van der Waals surface area contributed by atoms with Crippen LogP contribution in [-0.4, -0.2) is 26.9 Å². The second-order valence-electron chi connectivity index (χ2n) is 2.67. The lowest BCUT2D eigenvalue weighted by molar-refractivity contribution is 0.108. The summed E-state index contributed by atoms with van der Waals surface area (Å²) in [6.45, 7) is 0.678. The fourth-order valence-electron chi connectivity index (χ4n) is 1.14. The maximum atomic E-state index is 12.0. The SMILES string of the molecule is O=S(=O)(F)CCC1CCCO1. The van der Waals surface area contributed by atoms with Gasteiger partial charge in [0.1, 0.15) is 0 Å². The van der Waals surface area contributed by atoms with Crippen LogP contribution < -0.4 is 0 Å². The highest BCUT2D eigenvalue weighted by molar-refractivity contribution is 7.86. The molecule has 5 heteroatoms. The Morgan fingerprint density at radius 3 is 2.73 bits per heavy atom. The van der Waals surface area contributed by atoms with Gasteiger partial charge < -0.3 is 4.74 Å². The van der Waals surface area contributed by atoms with Gasteiger partial charge in [-0.15, -0.1) is 3.89 Å². The minimum absolute atomic E-state index is 0.0412. The maximum absolute atomic E-state index is 12.0. The number of hydrogen-bond acceptors (Lipinski definition) is 3. The smallest absolute Gasteiger partial charge is 0.302 e. The zero-order chi connectivity index (χ0) is 8.32. The first kappa shape index (κ1) is 8.93. The summed E-state index contributed by atoms with van der Waals surface area (Å²) in [6.07, 6.45) is 2.06. The van der Waals surface area contributed by atoms with Gasteiger partial charge in [0, 0.05) is 6.61 Å². The van der Waals surface area contributed by atoms with Crippen LogP contribution in [0.4, 0.5) is 3.89 Å². The number of ether oxygens (including phenoxy) is 1. The molecule has 0 spiro atoms. The Morgan fingerprint density at radius 1 is 1.55 bits per heavy atom. The lowest BCUT2D eigenvalue weighted by Crippen LogP contribution is -2.10. The van der Waals surface area contributed by atoms with Crippen LogP contribution >= 0.6 is 0 Å². The van der Waals surface area contributed by atoms with Gasteiger partial charge in [-0.3, -0.25) is 0 Å². The molecular weight excluding hydrogens is 171 g/mol. The molecule has 3 nitrogen and oxygen atoms in total. The van der Waals surface area contributed by atoms with Crippen LogP contribution in [0.5, 0.6) is 0 Å². The number of hydrogen-bond donors (Lipinski definition) is 0. The van der Waals surface area contributed by atoms with Crippen molar-refractivity contribution in [2.24, 2.45) is 0 Å². The Morgan fingerprint density at radius 2 is 2.27 bits per heavy atom. The summed E-state index contributed by atoms with van der Waals surface area (Å²) in [5, 5.41) is 0. The van der Waals surface area contributed by atoms with E-state index in [4.69, 9.17) is 4.74 Å². The third-order valence-electron chi connectivity index (χ3n) is 1.71. The molecule has 0 aromatic heterocycles. The Labute approximate surface area is 65.8 Å². The second kappa shape index (κ2) is 3.49. The van der Waals surface area contributed by atoms with Gasteiger partial charge in [-0.2, -0.15) is 8.42 Å². The Bertz CT molecular complexity index is 206. The number of rotatable bonds is 3. The lowest BCUT2D eigenvalue weighted by Gasteiger charge is -2.05. The van der Waals surface area contributed by atoms with Crippen molar-refractivity contribution in [3.63, 3.8) is 0 Å². The Hall–Kier alpha value is -0.160. The summed E-state index contributed by atoms with van der Waals surface area (Å²) >= 11 is 0. The van der Waals surface area contributed by atoms with Crippen molar-refractivity contribution >= 4 is 10.2 Å². The second-order valence-corrected chi connectivity index (χ2v) is 4.15. The van der Waals surface area contributed by atoms with E-state index in [1.807, 2.05) is 0 Å². The van der Waals surface area contributed by atoms with Gasteiger partial charge >= 0.3 is 10.2 Å². The molecular formula is C6H11FO3S. The minimum atomic E-state index is -4.29. The van der Waals surface area contributed by atoms with Gasteiger partial charge in [-0.1, -0.05) is 0 Å². The molecule has 1 fully saturated rings. The van der Waals surface area contributed by atoms with E-state index in [1.165, 1.54) is 0 Å². The largest absolute Gasteiger partial charge is 0.378 e. The number of halogens is 1. The highest BCUT2D eigenvalue weighted by atomic mass is 32.3. The van der Waals surface area contributed by atoms with Crippen LogP contribution in [0.3, 0.4) is 0 Å². The molecule has 1 saturated heterocycles. The fourth-order valence-corrected chi connectivity index (χ4v) is 1.69. The van der Waals surface area contributed by atoms with Gasteiger partial charge in [-0.25, -0.2) is 0 Å². The van der Waals surface area contributed by atoms with E-state index >= 15 is 0 Å². The van der Waals surface area contributed by atoms with Crippen molar-refractivity contribution in [1.82, 2.24) is 0 Å². The third kappa shape index (κ3) is 3.67. The molecule has 1 aliphatic heterocycles. The van der Waals surface area contributed by atoms with E-state index in [-0.39, 0.29) is 6.10 Å². The molecule has 1 atom stereocenters. The summed E-state index contributed by atoms with van der Waals surface area (Å²) < 4.78 is 37.2. The first-order chi connectivity index (χ1) is 5.08. The van der Waals surface area contributed by atoms with Crippen LogP contribution in [0.15, 0.2) is 0 Å². The molecule has 0 amide bonds. The Balaban J connectivity index is 2.22. The molecule has 66 valence electrons. The molecule has 11 heavy (non-hydrogen) atoms. The standard InChI is InChI=1S/C6H11FO3S/c7-11(8,9)5-3-6-2-1-4-10-6/h6H,1-5H2. The third-order valence-corrected chi connectivity index (χ3v) is 2.43. The molecule has 0 aromatic rings. The van der Waals surface area contributed by atoms with Crippen LogP contribution in [0.25, 0.3) is 0 Å². The quantitative estimate of drug-likeness (QED) is 0.608. The summed E-state index contributed by atoms with van der Waals surface area (Å²) in [5.41, 5.74) is 0. The van der Waals surface area contributed by atoms with E-state index < -0.39 is 16.0 Å². The summed E-state index contributed by atoms with van der Waals surface area (Å²) in [7, 11) is -4.29. The van der Waals surface area contributed by atoms with Crippen molar-refractivity contribution in [3.8, 4) is 0 Å². The van der Waals surface area contributed by atoms with E-state index in [0.717, 1.165) is 12.8 Å². The zero-order valence-corrected chi connectivity index (χ0v) is 6.94. The molecule has 0 aromatic carbocycles.